The first-order valence-electron chi connectivity index (χ1n) is 12.9. The van der Waals surface area contributed by atoms with Crippen molar-refractivity contribution in [3.05, 3.63) is 133 Å². The molecule has 2 heteroatoms. The van der Waals surface area contributed by atoms with Gasteiger partial charge >= 0.3 is 0 Å². The number of hydrogen-bond donors (Lipinski definition) is 1. The molecule has 0 aliphatic rings. The Morgan fingerprint density at radius 2 is 1.03 bits per heavy atom. The lowest BCUT2D eigenvalue weighted by Crippen LogP contribution is -1.92. The molecule has 8 rings (SSSR count). The van der Waals surface area contributed by atoms with Gasteiger partial charge in [-0.1, -0.05) is 103 Å². The van der Waals surface area contributed by atoms with Crippen molar-refractivity contribution in [2.24, 2.45) is 0 Å². The molecule has 178 valence electrons. The van der Waals surface area contributed by atoms with Crippen LogP contribution in [0.4, 0.5) is 11.4 Å². The van der Waals surface area contributed by atoms with E-state index in [2.05, 4.69) is 139 Å². The van der Waals surface area contributed by atoms with Crippen LogP contribution in [0.25, 0.3) is 63.6 Å². The van der Waals surface area contributed by atoms with E-state index < -0.39 is 0 Å². The van der Waals surface area contributed by atoms with Gasteiger partial charge in [-0.05, 0) is 68.2 Å². The summed E-state index contributed by atoms with van der Waals surface area (Å²) in [4.78, 5) is 0. The number of fused-ring (bicyclic) bond motifs is 7. The smallest absolute Gasteiger partial charge is 0.0435 e. The molecule has 38 heavy (non-hydrogen) atoms. The summed E-state index contributed by atoms with van der Waals surface area (Å²) in [5, 5.41) is 14.0. The van der Waals surface area contributed by atoms with Crippen LogP contribution in [0.15, 0.2) is 133 Å². The van der Waals surface area contributed by atoms with Crippen molar-refractivity contribution in [1.82, 2.24) is 0 Å². The monoisotopic (exact) mass is 501 g/mol. The van der Waals surface area contributed by atoms with Crippen LogP contribution in [0.3, 0.4) is 0 Å². The van der Waals surface area contributed by atoms with Crippen LogP contribution in [-0.4, -0.2) is 0 Å². The van der Waals surface area contributed by atoms with Crippen LogP contribution in [0.5, 0.6) is 0 Å². The molecule has 1 heterocycles. The fourth-order valence-corrected chi connectivity index (χ4v) is 7.02. The minimum Gasteiger partial charge on any atom is -0.355 e. The topological polar surface area (TPSA) is 12.0 Å². The highest BCUT2D eigenvalue weighted by Crippen LogP contribution is 2.44. The van der Waals surface area contributed by atoms with E-state index in [-0.39, 0.29) is 0 Å². The van der Waals surface area contributed by atoms with Crippen molar-refractivity contribution in [3.63, 3.8) is 0 Å². The third-order valence-electron chi connectivity index (χ3n) is 7.59. The van der Waals surface area contributed by atoms with E-state index in [0.717, 1.165) is 11.4 Å². The lowest BCUT2D eigenvalue weighted by atomic mass is 9.96. The fourth-order valence-electron chi connectivity index (χ4n) is 5.81. The van der Waals surface area contributed by atoms with Gasteiger partial charge in [0.1, 0.15) is 0 Å². The van der Waals surface area contributed by atoms with Gasteiger partial charge in [0.15, 0.2) is 0 Å². The van der Waals surface area contributed by atoms with Crippen LogP contribution in [0.2, 0.25) is 0 Å². The Bertz CT molecular complexity index is 2160. The molecule has 1 N–H and O–H groups in total. The first kappa shape index (κ1) is 21.4. The highest BCUT2D eigenvalue weighted by molar-refractivity contribution is 7.26. The Morgan fingerprint density at radius 3 is 1.89 bits per heavy atom. The summed E-state index contributed by atoms with van der Waals surface area (Å²) >= 11 is 1.88. The largest absolute Gasteiger partial charge is 0.355 e. The standard InChI is InChI=1S/C36H23NS/c1-3-11-28-23(8-1)10-7-14-30(28)33-21-27(22-34-31-13-5-6-15-35(31)38-36(33)34)37-26-19-18-25-17-16-24-9-2-4-12-29(24)32(25)20-26/h1-22,37H. The highest BCUT2D eigenvalue weighted by atomic mass is 32.1. The Kier molecular flexibility index (Phi) is 4.76. The van der Waals surface area contributed by atoms with Gasteiger partial charge in [-0.3, -0.25) is 0 Å². The van der Waals surface area contributed by atoms with Crippen molar-refractivity contribution >= 4 is 75.2 Å². The van der Waals surface area contributed by atoms with E-state index in [9.17, 15) is 0 Å². The number of anilines is 2. The maximum Gasteiger partial charge on any atom is 0.0435 e. The van der Waals surface area contributed by atoms with E-state index in [1.165, 1.54) is 63.6 Å². The molecular weight excluding hydrogens is 478 g/mol. The number of nitrogens with one attached hydrogen (secondary N) is 1. The number of rotatable bonds is 3. The van der Waals surface area contributed by atoms with Crippen molar-refractivity contribution in [2.45, 2.75) is 0 Å². The van der Waals surface area contributed by atoms with Gasteiger partial charge in [-0.25, -0.2) is 0 Å². The summed E-state index contributed by atoms with van der Waals surface area (Å²) in [5.74, 6) is 0. The number of hydrogen-bond acceptors (Lipinski definition) is 2. The molecule has 0 aliphatic heterocycles. The normalized spacial score (nSPS) is 11.7. The number of thiophene rings is 1. The molecule has 0 saturated heterocycles. The molecule has 0 saturated carbocycles. The zero-order chi connectivity index (χ0) is 25.1. The van der Waals surface area contributed by atoms with E-state index in [1.807, 2.05) is 11.3 Å². The van der Waals surface area contributed by atoms with Gasteiger partial charge in [-0.2, -0.15) is 0 Å². The van der Waals surface area contributed by atoms with Crippen LogP contribution >= 0.6 is 11.3 Å². The van der Waals surface area contributed by atoms with Gasteiger partial charge in [0.25, 0.3) is 0 Å². The second-order valence-corrected chi connectivity index (χ2v) is 10.9. The lowest BCUT2D eigenvalue weighted by Gasteiger charge is -2.14. The Morgan fingerprint density at radius 1 is 0.395 bits per heavy atom. The summed E-state index contributed by atoms with van der Waals surface area (Å²) in [6, 6.07) is 48.4. The van der Waals surface area contributed by atoms with Crippen LogP contribution < -0.4 is 5.32 Å². The minimum absolute atomic E-state index is 1.09. The van der Waals surface area contributed by atoms with Gasteiger partial charge < -0.3 is 5.32 Å². The number of benzene rings is 7. The lowest BCUT2D eigenvalue weighted by molar-refractivity contribution is 1.59. The zero-order valence-corrected chi connectivity index (χ0v) is 21.4. The minimum atomic E-state index is 1.09. The van der Waals surface area contributed by atoms with Gasteiger partial charge in [-0.15, -0.1) is 11.3 Å². The maximum atomic E-state index is 3.77. The van der Waals surface area contributed by atoms with Gasteiger partial charge in [0.2, 0.25) is 0 Å². The van der Waals surface area contributed by atoms with Crippen molar-refractivity contribution in [2.75, 3.05) is 5.32 Å². The SMILES string of the molecule is c1ccc2c(-c3cc(Nc4ccc5ccc6ccccc6c5c4)cc4c3sc3ccccc34)cccc2c1. The summed E-state index contributed by atoms with van der Waals surface area (Å²) < 4.78 is 2.65. The van der Waals surface area contributed by atoms with Crippen molar-refractivity contribution in [3.8, 4) is 11.1 Å². The third-order valence-corrected chi connectivity index (χ3v) is 8.81. The molecule has 1 nitrogen and oxygen atoms in total. The summed E-state index contributed by atoms with van der Waals surface area (Å²) in [6.45, 7) is 0. The zero-order valence-electron chi connectivity index (χ0n) is 20.6. The van der Waals surface area contributed by atoms with Crippen LogP contribution in [0, 0.1) is 0 Å². The van der Waals surface area contributed by atoms with E-state index in [1.54, 1.807) is 0 Å². The Balaban J connectivity index is 1.36. The van der Waals surface area contributed by atoms with Crippen molar-refractivity contribution in [1.29, 1.82) is 0 Å². The quantitative estimate of drug-likeness (QED) is 0.237. The molecule has 8 aromatic rings. The predicted molar refractivity (Wildman–Crippen MR) is 167 cm³/mol. The summed E-state index contributed by atoms with van der Waals surface area (Å²) in [7, 11) is 0. The van der Waals surface area contributed by atoms with Crippen LogP contribution in [0.1, 0.15) is 0 Å². The summed E-state index contributed by atoms with van der Waals surface area (Å²) in [5.41, 5.74) is 4.74. The molecule has 0 spiro atoms. The maximum absolute atomic E-state index is 3.77. The Hall–Kier alpha value is -4.66. The molecule has 0 unspecified atom stereocenters. The first-order chi connectivity index (χ1) is 18.8. The summed E-state index contributed by atoms with van der Waals surface area (Å²) in [6.07, 6.45) is 0. The van der Waals surface area contributed by atoms with E-state index >= 15 is 0 Å². The third kappa shape index (κ3) is 3.38. The molecule has 1 aromatic heterocycles. The average molecular weight is 502 g/mol. The molecule has 0 atom stereocenters. The average Bonchev–Trinajstić information content (AvgIpc) is 3.35. The first-order valence-corrected chi connectivity index (χ1v) is 13.8. The molecular formula is C36H23NS. The molecule has 0 bridgehead atoms. The second-order valence-electron chi connectivity index (χ2n) is 9.87. The van der Waals surface area contributed by atoms with E-state index in [4.69, 9.17) is 0 Å². The van der Waals surface area contributed by atoms with Crippen LogP contribution in [-0.2, 0) is 0 Å². The van der Waals surface area contributed by atoms with Gasteiger partial charge in [0, 0.05) is 37.1 Å². The molecule has 0 aliphatic carbocycles. The van der Waals surface area contributed by atoms with Gasteiger partial charge in [0.05, 0.1) is 0 Å². The highest BCUT2D eigenvalue weighted by Gasteiger charge is 2.15. The molecule has 0 fully saturated rings. The van der Waals surface area contributed by atoms with E-state index in [0.29, 0.717) is 0 Å². The fraction of sp³-hybridized carbons (Fsp3) is 0. The molecule has 7 aromatic carbocycles. The second kappa shape index (κ2) is 8.44. The molecule has 0 amide bonds. The predicted octanol–water partition coefficient (Wildman–Crippen LogP) is 10.9. The molecule has 0 radical (unpaired) electrons. The Labute approximate surface area is 224 Å². The van der Waals surface area contributed by atoms with Crippen molar-refractivity contribution < 1.29 is 0 Å².